The number of aliphatic carboxylic acids is 1. The van der Waals surface area contributed by atoms with Crippen LogP contribution in [0.25, 0.3) is 0 Å². The molecule has 1 heterocycles. The number of nitro groups is 1. The highest BCUT2D eigenvalue weighted by atomic mass is 16.7. The molecule has 1 aromatic rings. The van der Waals surface area contributed by atoms with Gasteiger partial charge >= 0.3 is 11.9 Å². The number of nitrogens with zero attached hydrogens (tertiary/aromatic N) is 2. The number of rotatable bonds is 6. The number of carboxylic acid groups (broad SMARTS) is 1. The molecule has 1 atom stereocenters. The predicted molar refractivity (Wildman–Crippen MR) is 75.1 cm³/mol. The second-order valence-electron chi connectivity index (χ2n) is 4.84. The lowest BCUT2D eigenvalue weighted by atomic mass is 10.1. The van der Waals surface area contributed by atoms with E-state index in [0.29, 0.717) is 13.0 Å². The minimum absolute atomic E-state index is 0.0637. The van der Waals surface area contributed by atoms with E-state index >= 15 is 0 Å². The molecule has 1 aliphatic heterocycles. The molecular weight excluding hydrogens is 294 g/mol. The topological polar surface area (TPSA) is 136 Å². The van der Waals surface area contributed by atoms with Gasteiger partial charge in [-0.15, -0.1) is 0 Å². The van der Waals surface area contributed by atoms with Gasteiger partial charge in [-0.2, -0.15) is 5.06 Å². The fourth-order valence-electron chi connectivity index (χ4n) is 2.21. The Kier molecular flexibility index (Phi) is 4.56. The number of nitrogens with two attached hydrogens (primary N) is 1. The van der Waals surface area contributed by atoms with Crippen molar-refractivity contribution in [2.75, 3.05) is 11.6 Å². The fraction of sp³-hybridized carbons (Fsp3) is 0.385. The van der Waals surface area contributed by atoms with Gasteiger partial charge in [-0.3, -0.25) is 14.9 Å². The van der Waals surface area contributed by atoms with Gasteiger partial charge in [-0.1, -0.05) is 12.1 Å². The summed E-state index contributed by atoms with van der Waals surface area (Å²) >= 11 is 0. The van der Waals surface area contributed by atoms with Crippen LogP contribution in [0.3, 0.4) is 0 Å². The summed E-state index contributed by atoms with van der Waals surface area (Å²) in [6, 6.07) is 3.50. The van der Waals surface area contributed by atoms with Crippen LogP contribution in [-0.2, 0) is 20.8 Å². The van der Waals surface area contributed by atoms with Crippen LogP contribution >= 0.6 is 0 Å². The Morgan fingerprint density at radius 2 is 2.23 bits per heavy atom. The zero-order chi connectivity index (χ0) is 16.3. The van der Waals surface area contributed by atoms with Crippen LogP contribution in [-0.4, -0.2) is 34.6 Å². The molecule has 0 radical (unpaired) electrons. The molecule has 0 bridgehead atoms. The second-order valence-corrected chi connectivity index (χ2v) is 4.84. The molecule has 9 heteroatoms. The first-order valence-corrected chi connectivity index (χ1v) is 6.63. The van der Waals surface area contributed by atoms with Gasteiger partial charge in [-0.25, -0.2) is 4.79 Å². The maximum Gasteiger partial charge on any atom is 0.332 e. The van der Waals surface area contributed by atoms with Gasteiger partial charge < -0.3 is 15.7 Å². The SMILES string of the molecule is N[C@@H](CCC(=O)ON1CCc2cccc([N+](=O)[O-])c21)C(=O)O. The molecule has 0 saturated heterocycles. The number of benzene rings is 1. The number of para-hydroxylation sites is 1. The van der Waals surface area contributed by atoms with E-state index in [1.54, 1.807) is 12.1 Å². The van der Waals surface area contributed by atoms with Crippen LogP contribution in [0.1, 0.15) is 18.4 Å². The van der Waals surface area contributed by atoms with Crippen molar-refractivity contribution in [1.82, 2.24) is 0 Å². The Hall–Kier alpha value is -2.68. The summed E-state index contributed by atoms with van der Waals surface area (Å²) in [4.78, 5) is 37.9. The van der Waals surface area contributed by atoms with Gasteiger partial charge in [0.1, 0.15) is 6.04 Å². The number of nitro benzene ring substituents is 1. The minimum atomic E-state index is -1.20. The summed E-state index contributed by atoms with van der Waals surface area (Å²) in [5.74, 6) is -1.88. The van der Waals surface area contributed by atoms with Crippen molar-refractivity contribution < 1.29 is 24.5 Å². The summed E-state index contributed by atoms with van der Waals surface area (Å²) in [5, 5.41) is 20.9. The highest BCUT2D eigenvalue weighted by molar-refractivity contribution is 5.77. The molecule has 0 saturated carbocycles. The van der Waals surface area contributed by atoms with Gasteiger partial charge in [0, 0.05) is 6.07 Å². The average molecular weight is 309 g/mol. The number of anilines is 1. The van der Waals surface area contributed by atoms with E-state index < -0.39 is 22.9 Å². The van der Waals surface area contributed by atoms with Crippen LogP contribution in [0.4, 0.5) is 11.4 Å². The highest BCUT2D eigenvalue weighted by Gasteiger charge is 2.30. The summed E-state index contributed by atoms with van der Waals surface area (Å²) < 4.78 is 0. The molecule has 2 rings (SSSR count). The molecule has 118 valence electrons. The lowest BCUT2D eigenvalue weighted by Gasteiger charge is -2.18. The molecule has 0 fully saturated rings. The zero-order valence-corrected chi connectivity index (χ0v) is 11.6. The molecular formula is C13H15N3O6. The maximum atomic E-state index is 11.7. The number of carbonyl (C=O) groups excluding carboxylic acids is 1. The first kappa shape index (κ1) is 15.7. The van der Waals surface area contributed by atoms with Crippen molar-refractivity contribution in [3.8, 4) is 0 Å². The van der Waals surface area contributed by atoms with Gasteiger partial charge in [0.2, 0.25) is 0 Å². The van der Waals surface area contributed by atoms with Crippen molar-refractivity contribution in [2.24, 2.45) is 5.73 Å². The van der Waals surface area contributed by atoms with Gasteiger partial charge in [0.15, 0.2) is 5.69 Å². The smallest absolute Gasteiger partial charge is 0.332 e. The Morgan fingerprint density at radius 3 is 2.86 bits per heavy atom. The number of carboxylic acids is 1. The van der Waals surface area contributed by atoms with Crippen LogP contribution in [0, 0.1) is 10.1 Å². The third-order valence-electron chi connectivity index (χ3n) is 3.32. The minimum Gasteiger partial charge on any atom is -0.480 e. The number of carbonyl (C=O) groups is 2. The zero-order valence-electron chi connectivity index (χ0n) is 11.6. The molecule has 3 N–H and O–H groups in total. The van der Waals surface area contributed by atoms with Crippen LogP contribution in [0.2, 0.25) is 0 Å². The monoisotopic (exact) mass is 309 g/mol. The van der Waals surface area contributed by atoms with E-state index in [-0.39, 0.29) is 24.2 Å². The van der Waals surface area contributed by atoms with E-state index in [4.69, 9.17) is 15.7 Å². The number of hydrogen-bond acceptors (Lipinski definition) is 7. The highest BCUT2D eigenvalue weighted by Crippen LogP contribution is 2.36. The van der Waals surface area contributed by atoms with E-state index in [2.05, 4.69) is 0 Å². The van der Waals surface area contributed by atoms with E-state index in [9.17, 15) is 19.7 Å². The first-order chi connectivity index (χ1) is 10.4. The number of hydrogen-bond donors (Lipinski definition) is 2. The quantitative estimate of drug-likeness (QED) is 0.576. The first-order valence-electron chi connectivity index (χ1n) is 6.63. The van der Waals surface area contributed by atoms with E-state index in [0.717, 1.165) is 5.56 Å². The molecule has 0 spiro atoms. The maximum absolute atomic E-state index is 11.7. The third kappa shape index (κ3) is 3.31. The fourth-order valence-corrected chi connectivity index (χ4v) is 2.21. The lowest BCUT2D eigenvalue weighted by Crippen LogP contribution is -2.32. The summed E-state index contributed by atoms with van der Waals surface area (Å²) in [6.07, 6.45) is 0.282. The second kappa shape index (κ2) is 6.39. The molecule has 1 aromatic carbocycles. The van der Waals surface area contributed by atoms with E-state index in [1.807, 2.05) is 0 Å². The number of hydroxylamine groups is 1. The predicted octanol–water partition coefficient (Wildman–Crippen LogP) is 0.608. The van der Waals surface area contributed by atoms with E-state index in [1.165, 1.54) is 11.1 Å². The van der Waals surface area contributed by atoms with Crippen LogP contribution < -0.4 is 10.8 Å². The lowest BCUT2D eigenvalue weighted by molar-refractivity contribution is -0.384. The molecule has 0 amide bonds. The molecule has 0 unspecified atom stereocenters. The van der Waals surface area contributed by atoms with Crippen molar-refractivity contribution >= 4 is 23.3 Å². The van der Waals surface area contributed by atoms with Crippen molar-refractivity contribution in [3.05, 3.63) is 33.9 Å². The Balaban J connectivity index is 2.04. The van der Waals surface area contributed by atoms with Gasteiger partial charge in [-0.05, 0) is 18.4 Å². The van der Waals surface area contributed by atoms with Crippen LogP contribution in [0.5, 0.6) is 0 Å². The molecule has 0 aliphatic carbocycles. The molecule has 9 nitrogen and oxygen atoms in total. The number of fused-ring (bicyclic) bond motifs is 1. The molecule has 1 aliphatic rings. The summed E-state index contributed by atoms with van der Waals surface area (Å²) in [7, 11) is 0. The molecule has 22 heavy (non-hydrogen) atoms. The van der Waals surface area contributed by atoms with Gasteiger partial charge in [0.25, 0.3) is 5.69 Å². The summed E-state index contributed by atoms with van der Waals surface area (Å²) in [6.45, 7) is 0.316. The summed E-state index contributed by atoms with van der Waals surface area (Å²) in [5.41, 5.74) is 6.16. The van der Waals surface area contributed by atoms with Crippen molar-refractivity contribution in [3.63, 3.8) is 0 Å². The van der Waals surface area contributed by atoms with Crippen molar-refractivity contribution in [1.29, 1.82) is 0 Å². The van der Waals surface area contributed by atoms with Gasteiger partial charge in [0.05, 0.1) is 17.9 Å². The standard InChI is InChI=1S/C13H15N3O6/c14-9(13(18)19)4-5-11(17)22-15-7-6-8-2-1-3-10(12(8)15)16(20)21/h1-3,9H,4-7,14H2,(H,18,19)/t9-/m0/s1. The van der Waals surface area contributed by atoms with Crippen LogP contribution in [0.15, 0.2) is 18.2 Å². The van der Waals surface area contributed by atoms with Crippen molar-refractivity contribution in [2.45, 2.75) is 25.3 Å². The average Bonchev–Trinajstić information content (AvgIpc) is 2.87. The molecule has 0 aromatic heterocycles. The largest absolute Gasteiger partial charge is 0.480 e. The normalized spacial score (nSPS) is 14.3. The Bertz CT molecular complexity index is 618. The Morgan fingerprint density at radius 1 is 1.50 bits per heavy atom. The third-order valence-corrected chi connectivity index (χ3v) is 3.32. The Labute approximate surface area is 125 Å².